The summed E-state index contributed by atoms with van der Waals surface area (Å²) in [5.41, 5.74) is 6.17. The van der Waals surface area contributed by atoms with Crippen molar-refractivity contribution in [3.63, 3.8) is 0 Å². The molecular weight excluding hydrogens is 464 g/mol. The first kappa shape index (κ1) is 27.1. The van der Waals surface area contributed by atoms with Gasteiger partial charge in [0, 0.05) is 29.8 Å². The van der Waals surface area contributed by atoms with Gasteiger partial charge >= 0.3 is 5.97 Å². The van der Waals surface area contributed by atoms with Gasteiger partial charge in [-0.05, 0) is 18.4 Å². The fourth-order valence-corrected chi connectivity index (χ4v) is 3.32. The van der Waals surface area contributed by atoms with Crippen LogP contribution in [0, 0.1) is 0 Å². The number of aromatic amines is 1. The summed E-state index contributed by atoms with van der Waals surface area (Å²) in [6.45, 7) is 0. The fraction of sp³-hybridized carbons (Fsp3) is 0.588. The van der Waals surface area contributed by atoms with Crippen LogP contribution < -0.4 is 21.7 Å². The van der Waals surface area contributed by atoms with Crippen molar-refractivity contribution in [1.82, 2.24) is 25.9 Å². The molecule has 0 saturated carbocycles. The lowest BCUT2D eigenvalue weighted by Gasteiger charge is -2.24. The number of H-pyrrole nitrogens is 1. The van der Waals surface area contributed by atoms with Crippen molar-refractivity contribution >= 4 is 60.7 Å². The van der Waals surface area contributed by atoms with Crippen molar-refractivity contribution in [3.8, 4) is 0 Å². The van der Waals surface area contributed by atoms with Gasteiger partial charge in [0.15, 0.2) is 0 Å². The fourth-order valence-electron chi connectivity index (χ4n) is 2.42. The molecular formula is C17H28N6O5S3. The van der Waals surface area contributed by atoms with Crippen LogP contribution in [0.3, 0.4) is 0 Å². The number of nitrogens with one attached hydrogen (secondary N) is 4. The molecule has 14 heteroatoms. The number of rotatable bonds is 14. The van der Waals surface area contributed by atoms with E-state index in [9.17, 15) is 24.3 Å². The number of carboxylic acids is 1. The summed E-state index contributed by atoms with van der Waals surface area (Å²) in [6.07, 6.45) is 5.01. The number of hydrogen-bond donors (Lipinski definition) is 8. The van der Waals surface area contributed by atoms with Crippen LogP contribution in [0.5, 0.6) is 0 Å². The third-order valence-electron chi connectivity index (χ3n) is 4.19. The first-order valence-corrected chi connectivity index (χ1v) is 12.0. The van der Waals surface area contributed by atoms with Crippen molar-refractivity contribution in [2.75, 3.05) is 23.5 Å². The van der Waals surface area contributed by atoms with Crippen molar-refractivity contribution in [2.45, 2.75) is 37.0 Å². The maximum atomic E-state index is 12.7. The van der Waals surface area contributed by atoms with Crippen molar-refractivity contribution in [2.24, 2.45) is 5.73 Å². The Kier molecular flexibility index (Phi) is 12.4. The van der Waals surface area contributed by atoms with E-state index in [1.54, 1.807) is 0 Å². The van der Waals surface area contributed by atoms with Crippen LogP contribution in [0.1, 0.15) is 12.1 Å². The molecule has 1 aromatic rings. The van der Waals surface area contributed by atoms with Gasteiger partial charge < -0.3 is 31.8 Å². The zero-order chi connectivity index (χ0) is 23.4. The quantitative estimate of drug-likeness (QED) is 0.143. The second kappa shape index (κ2) is 14.2. The molecule has 0 aliphatic carbocycles. The first-order valence-electron chi connectivity index (χ1n) is 9.30. The van der Waals surface area contributed by atoms with Crippen LogP contribution in [0.4, 0.5) is 0 Å². The molecule has 1 aromatic heterocycles. The monoisotopic (exact) mass is 492 g/mol. The number of imidazole rings is 1. The van der Waals surface area contributed by atoms with Gasteiger partial charge in [-0.1, -0.05) is 0 Å². The summed E-state index contributed by atoms with van der Waals surface area (Å²) in [5, 5.41) is 16.9. The molecule has 0 fully saturated rings. The van der Waals surface area contributed by atoms with Gasteiger partial charge in [0.2, 0.25) is 17.7 Å². The van der Waals surface area contributed by atoms with Crippen LogP contribution in [0.15, 0.2) is 12.5 Å². The highest BCUT2D eigenvalue weighted by molar-refractivity contribution is 7.98. The van der Waals surface area contributed by atoms with E-state index in [0.29, 0.717) is 17.9 Å². The molecule has 0 bridgehead atoms. The number of thioether (sulfide) groups is 1. The Morgan fingerprint density at radius 2 is 1.71 bits per heavy atom. The Labute approximate surface area is 195 Å². The SMILES string of the molecule is CSCCC(NC(=O)C(N)CS)C(=O)NC(CS)C(=O)NC(Cc1cnc[nH]1)C(=O)O. The zero-order valence-electron chi connectivity index (χ0n) is 16.9. The number of nitrogens with two attached hydrogens (primary N) is 1. The summed E-state index contributed by atoms with van der Waals surface area (Å²) in [6, 6.07) is -4.13. The molecule has 0 aliphatic heterocycles. The third-order valence-corrected chi connectivity index (χ3v) is 5.59. The summed E-state index contributed by atoms with van der Waals surface area (Å²) >= 11 is 9.55. The minimum absolute atomic E-state index is 0.0116. The highest BCUT2D eigenvalue weighted by Gasteiger charge is 2.29. The van der Waals surface area contributed by atoms with E-state index in [-0.39, 0.29) is 17.9 Å². The van der Waals surface area contributed by atoms with E-state index >= 15 is 0 Å². The predicted octanol–water partition coefficient (Wildman–Crippen LogP) is -1.57. The van der Waals surface area contributed by atoms with Crippen molar-refractivity contribution in [1.29, 1.82) is 0 Å². The minimum Gasteiger partial charge on any atom is -0.480 e. The molecule has 1 rings (SSSR count). The second-order valence-electron chi connectivity index (χ2n) is 6.56. The Morgan fingerprint density at radius 3 is 2.23 bits per heavy atom. The maximum Gasteiger partial charge on any atom is 0.326 e. The second-order valence-corrected chi connectivity index (χ2v) is 8.27. The normalized spacial score (nSPS) is 14.7. The number of thiol groups is 2. The lowest BCUT2D eigenvalue weighted by atomic mass is 10.1. The highest BCUT2D eigenvalue weighted by atomic mass is 32.2. The summed E-state index contributed by atoms with van der Waals surface area (Å²) in [5.74, 6) is -2.46. The average molecular weight is 493 g/mol. The number of amides is 3. The minimum atomic E-state index is -1.24. The molecule has 174 valence electrons. The lowest BCUT2D eigenvalue weighted by molar-refractivity contribution is -0.142. The number of nitrogens with zero attached hydrogens (tertiary/aromatic N) is 1. The third kappa shape index (κ3) is 9.41. The molecule has 3 amide bonds. The highest BCUT2D eigenvalue weighted by Crippen LogP contribution is 2.04. The summed E-state index contributed by atoms with van der Waals surface area (Å²) < 4.78 is 0. The number of hydrogen-bond acceptors (Lipinski definition) is 9. The van der Waals surface area contributed by atoms with Crippen LogP contribution in [0.2, 0.25) is 0 Å². The van der Waals surface area contributed by atoms with Crippen molar-refractivity contribution < 1.29 is 24.3 Å². The zero-order valence-corrected chi connectivity index (χ0v) is 19.5. The van der Waals surface area contributed by atoms with Gasteiger partial charge in [0.1, 0.15) is 18.1 Å². The summed E-state index contributed by atoms with van der Waals surface area (Å²) in [7, 11) is 0. The van der Waals surface area contributed by atoms with Crippen LogP contribution in [-0.4, -0.2) is 86.4 Å². The van der Waals surface area contributed by atoms with Crippen LogP contribution in [-0.2, 0) is 25.6 Å². The van der Waals surface area contributed by atoms with E-state index in [1.165, 1.54) is 24.3 Å². The van der Waals surface area contributed by atoms with E-state index in [1.807, 2.05) is 6.26 Å². The Morgan fingerprint density at radius 1 is 1.10 bits per heavy atom. The van der Waals surface area contributed by atoms with Gasteiger partial charge in [-0.2, -0.15) is 37.0 Å². The molecule has 1 heterocycles. The molecule has 0 aliphatic rings. The van der Waals surface area contributed by atoms with Crippen molar-refractivity contribution in [3.05, 3.63) is 18.2 Å². The molecule has 0 radical (unpaired) electrons. The maximum absolute atomic E-state index is 12.7. The van der Waals surface area contributed by atoms with Gasteiger partial charge in [0.25, 0.3) is 0 Å². The molecule has 0 spiro atoms. The molecule has 0 aromatic carbocycles. The Balaban J connectivity index is 2.80. The molecule has 4 atom stereocenters. The number of carboxylic acid groups (broad SMARTS) is 1. The number of carbonyl (C=O) groups excluding carboxylic acids is 3. The van der Waals surface area contributed by atoms with E-state index in [4.69, 9.17) is 5.73 Å². The molecule has 7 N–H and O–H groups in total. The van der Waals surface area contributed by atoms with Gasteiger partial charge in [-0.25, -0.2) is 9.78 Å². The number of aromatic nitrogens is 2. The smallest absolute Gasteiger partial charge is 0.326 e. The van der Waals surface area contributed by atoms with E-state index < -0.39 is 47.9 Å². The number of carbonyl (C=O) groups is 4. The van der Waals surface area contributed by atoms with E-state index in [0.717, 1.165) is 0 Å². The van der Waals surface area contributed by atoms with Crippen LogP contribution in [0.25, 0.3) is 0 Å². The molecule has 4 unspecified atom stereocenters. The van der Waals surface area contributed by atoms with Crippen LogP contribution >= 0.6 is 37.0 Å². The molecule has 11 nitrogen and oxygen atoms in total. The van der Waals surface area contributed by atoms with Gasteiger partial charge in [0.05, 0.1) is 12.4 Å². The summed E-state index contributed by atoms with van der Waals surface area (Å²) in [4.78, 5) is 55.5. The molecule has 31 heavy (non-hydrogen) atoms. The van der Waals surface area contributed by atoms with Gasteiger partial charge in [-0.3, -0.25) is 14.4 Å². The molecule has 0 saturated heterocycles. The number of aliphatic carboxylic acids is 1. The Bertz CT molecular complexity index is 736. The standard InChI is InChI=1S/C17H28N6O5S3/c1-31-3-2-11(21-14(24)10(18)6-29)15(25)23-13(7-30)16(26)22-12(17(27)28)4-9-5-19-8-20-9/h5,8,10-13,29-30H,2-4,6-7,18H2,1H3,(H,19,20)(H,21,24)(H,22,26)(H,23,25)(H,27,28). The van der Waals surface area contributed by atoms with Gasteiger partial charge in [-0.15, -0.1) is 0 Å². The topological polar surface area (TPSA) is 179 Å². The first-order chi connectivity index (χ1) is 14.7. The average Bonchev–Trinajstić information content (AvgIpc) is 3.26. The Hall–Kier alpha value is -1.90. The van der Waals surface area contributed by atoms with E-state index in [2.05, 4.69) is 51.2 Å². The lowest BCUT2D eigenvalue weighted by Crippen LogP contribution is -2.58. The predicted molar refractivity (Wildman–Crippen MR) is 124 cm³/mol. The largest absolute Gasteiger partial charge is 0.480 e.